The number of alkyl carbamates (subject to hydrolysis) is 2. The lowest BCUT2D eigenvalue weighted by Gasteiger charge is -2.30. The number of hydrogen-bond donors (Lipinski definition) is 3. The Balaban J connectivity index is 1.08. The van der Waals surface area contributed by atoms with Crippen molar-refractivity contribution in [3.05, 3.63) is 78.5 Å². The Hall–Kier alpha value is -6.71. The molecule has 3 atom stereocenters. The SMILES string of the molecule is COC(=O)NC(=O)N1CCC[C@@H]1C1=NCC(c2ccc(-c3ccc(-c4cnc([C@H]5CCCN5C(=O)[C@@H](NC(=O)OC)C(C)C)[nH]4)c4ncccc34)c3cccnc23)=N1. The van der Waals surface area contributed by atoms with Gasteiger partial charge < -0.3 is 29.6 Å². The number of urea groups is 1. The number of hydrogen-bond acceptors (Lipinski definition) is 11. The highest BCUT2D eigenvalue weighted by Gasteiger charge is 2.38. The molecule has 2 saturated heterocycles. The highest BCUT2D eigenvalue weighted by molar-refractivity contribution is 6.20. The van der Waals surface area contributed by atoms with Gasteiger partial charge in [-0.1, -0.05) is 44.2 Å². The van der Waals surface area contributed by atoms with Crippen LogP contribution in [0, 0.1) is 5.92 Å². The van der Waals surface area contributed by atoms with Gasteiger partial charge in [-0.15, -0.1) is 0 Å². The number of H-pyrrole nitrogens is 1. The molecule has 3 aromatic heterocycles. The number of carbonyl (C=O) groups is 4. The van der Waals surface area contributed by atoms with Crippen LogP contribution in [0.15, 0.2) is 77.1 Å². The van der Waals surface area contributed by atoms with Crippen LogP contribution in [-0.4, -0.2) is 111 Å². The number of aromatic nitrogens is 4. The molecule has 58 heavy (non-hydrogen) atoms. The first-order valence-corrected chi connectivity index (χ1v) is 19.4. The standard InChI is InChI=1S/C42H44N10O6/c1-23(2)34(49-41(55)57-3)39(53)51-19-7-11-32(51)37-45-21-30(47-37)28-15-13-24(26-9-5-17-43-35(26)28)25-14-16-29(36-27(25)10-6-18-44-36)31-22-46-38(48-31)33-12-8-20-52(33)40(54)50-42(56)58-4/h5-6,9-10,13-18,21,23,32-34H,7-8,11-12,19-20,22H2,1-4H3,(H,45,47)(H,49,55)(H,50,54,56)/t32-,33-,34+/m1/s1. The van der Waals surface area contributed by atoms with E-state index in [9.17, 15) is 19.2 Å². The van der Waals surface area contributed by atoms with Crippen molar-refractivity contribution in [3.8, 4) is 22.4 Å². The summed E-state index contributed by atoms with van der Waals surface area (Å²) in [4.78, 5) is 81.3. The van der Waals surface area contributed by atoms with Crippen LogP contribution in [-0.2, 0) is 14.3 Å². The summed E-state index contributed by atoms with van der Waals surface area (Å²) < 4.78 is 9.39. The van der Waals surface area contributed by atoms with E-state index in [-0.39, 0.29) is 23.9 Å². The summed E-state index contributed by atoms with van der Waals surface area (Å²) in [6.07, 6.45) is 6.88. The number of rotatable bonds is 8. The summed E-state index contributed by atoms with van der Waals surface area (Å²) in [6, 6.07) is 14.3. The highest BCUT2D eigenvalue weighted by atomic mass is 16.5. The molecular formula is C42H44N10O6. The fraction of sp³-hybridized carbons (Fsp3) is 0.357. The molecule has 5 amide bonds. The smallest absolute Gasteiger partial charge is 0.415 e. The Morgan fingerprint density at radius 2 is 1.40 bits per heavy atom. The zero-order valence-electron chi connectivity index (χ0n) is 32.7. The van der Waals surface area contributed by atoms with Gasteiger partial charge in [0.05, 0.1) is 61.5 Å². The lowest BCUT2D eigenvalue weighted by molar-refractivity contribution is -0.135. The maximum atomic E-state index is 13.7. The molecule has 0 spiro atoms. The summed E-state index contributed by atoms with van der Waals surface area (Å²) in [5.74, 6) is 0.927. The molecule has 5 aromatic rings. The topological polar surface area (TPSA) is 196 Å². The van der Waals surface area contributed by atoms with Crippen molar-refractivity contribution in [1.29, 1.82) is 0 Å². The number of ether oxygens (including phenoxy) is 2. The van der Waals surface area contributed by atoms with Crippen molar-refractivity contribution in [2.75, 3.05) is 33.9 Å². The van der Waals surface area contributed by atoms with Crippen LogP contribution in [0.1, 0.15) is 57.0 Å². The fourth-order valence-corrected chi connectivity index (χ4v) is 8.28. The number of fused-ring (bicyclic) bond motifs is 2. The van der Waals surface area contributed by atoms with Crippen molar-refractivity contribution in [3.63, 3.8) is 0 Å². The predicted molar refractivity (Wildman–Crippen MR) is 217 cm³/mol. The fourth-order valence-electron chi connectivity index (χ4n) is 8.28. The molecule has 0 radical (unpaired) electrons. The van der Waals surface area contributed by atoms with E-state index in [1.807, 2.05) is 44.2 Å². The quantitative estimate of drug-likeness (QED) is 0.168. The molecule has 0 saturated carbocycles. The van der Waals surface area contributed by atoms with Crippen molar-refractivity contribution >= 4 is 57.5 Å². The average molecular weight is 785 g/mol. The number of nitrogens with one attached hydrogen (secondary N) is 3. The Labute approximate surface area is 334 Å². The Morgan fingerprint density at radius 3 is 2.07 bits per heavy atom. The molecule has 0 bridgehead atoms. The molecule has 16 heteroatoms. The van der Waals surface area contributed by atoms with Crippen LogP contribution >= 0.6 is 0 Å². The van der Waals surface area contributed by atoms with E-state index >= 15 is 0 Å². The zero-order valence-corrected chi connectivity index (χ0v) is 32.7. The maximum absolute atomic E-state index is 13.7. The summed E-state index contributed by atoms with van der Waals surface area (Å²) in [5.41, 5.74) is 6.76. The highest BCUT2D eigenvalue weighted by Crippen LogP contribution is 2.39. The van der Waals surface area contributed by atoms with Gasteiger partial charge in [0, 0.05) is 47.4 Å². The Bertz CT molecular complexity index is 2500. The zero-order chi connectivity index (χ0) is 40.5. The van der Waals surface area contributed by atoms with Gasteiger partial charge in [0.2, 0.25) is 5.91 Å². The summed E-state index contributed by atoms with van der Waals surface area (Å²) in [7, 11) is 2.50. The molecule has 2 aromatic carbocycles. The molecule has 0 unspecified atom stereocenters. The van der Waals surface area contributed by atoms with Gasteiger partial charge in [0.1, 0.15) is 17.7 Å². The van der Waals surface area contributed by atoms with Crippen LogP contribution in [0.3, 0.4) is 0 Å². The number of nitrogens with zero attached hydrogens (tertiary/aromatic N) is 7. The Kier molecular flexibility index (Phi) is 10.6. The predicted octanol–water partition coefficient (Wildman–Crippen LogP) is 6.03. The number of aliphatic imine (C=N–C) groups is 2. The molecule has 3 aliphatic heterocycles. The van der Waals surface area contributed by atoms with E-state index in [2.05, 4.69) is 38.6 Å². The second-order valence-electron chi connectivity index (χ2n) is 14.9. The van der Waals surface area contributed by atoms with Gasteiger partial charge in [0.15, 0.2) is 0 Å². The second-order valence-corrected chi connectivity index (χ2v) is 14.9. The van der Waals surface area contributed by atoms with Crippen LogP contribution in [0.2, 0.25) is 0 Å². The third kappa shape index (κ3) is 7.09. The van der Waals surface area contributed by atoms with Crippen molar-refractivity contribution in [2.24, 2.45) is 15.9 Å². The second kappa shape index (κ2) is 16.0. The summed E-state index contributed by atoms with van der Waals surface area (Å²) in [5, 5.41) is 6.83. The average Bonchev–Trinajstić information content (AvgIpc) is 4.09. The first-order valence-electron chi connectivity index (χ1n) is 19.4. The first kappa shape index (κ1) is 38.2. The minimum absolute atomic E-state index is 0.135. The molecule has 3 aliphatic rings. The summed E-state index contributed by atoms with van der Waals surface area (Å²) >= 11 is 0. The molecule has 2 fully saturated rings. The van der Waals surface area contributed by atoms with E-state index in [1.165, 1.54) is 14.2 Å². The number of carbonyl (C=O) groups excluding carboxylic acids is 4. The lowest BCUT2D eigenvalue weighted by Crippen LogP contribution is -2.51. The van der Waals surface area contributed by atoms with E-state index in [0.717, 1.165) is 74.7 Å². The molecular weight excluding hydrogens is 741 g/mol. The van der Waals surface area contributed by atoms with E-state index in [0.29, 0.717) is 37.7 Å². The largest absolute Gasteiger partial charge is 0.453 e. The normalized spacial score (nSPS) is 18.4. The number of amidine groups is 1. The molecule has 6 heterocycles. The maximum Gasteiger partial charge on any atom is 0.415 e. The van der Waals surface area contributed by atoms with Gasteiger partial charge in [-0.3, -0.25) is 19.8 Å². The number of amides is 5. The van der Waals surface area contributed by atoms with Gasteiger partial charge in [-0.05, 0) is 60.9 Å². The number of imide groups is 1. The molecule has 3 N–H and O–H groups in total. The number of pyridine rings is 2. The molecule has 0 aliphatic carbocycles. The van der Waals surface area contributed by atoms with Crippen LogP contribution in [0.5, 0.6) is 0 Å². The van der Waals surface area contributed by atoms with Gasteiger partial charge in [0.25, 0.3) is 0 Å². The van der Waals surface area contributed by atoms with E-state index in [4.69, 9.17) is 29.7 Å². The minimum atomic E-state index is -0.812. The number of methoxy groups -OCH3 is 2. The van der Waals surface area contributed by atoms with Crippen LogP contribution in [0.25, 0.3) is 44.2 Å². The van der Waals surface area contributed by atoms with E-state index < -0.39 is 24.3 Å². The molecule has 16 nitrogen and oxygen atoms in total. The number of likely N-dealkylation sites (tertiary alicyclic amines) is 2. The monoisotopic (exact) mass is 784 g/mol. The molecule has 8 rings (SSSR count). The molecule has 298 valence electrons. The third-order valence-corrected chi connectivity index (χ3v) is 11.1. The van der Waals surface area contributed by atoms with Crippen molar-refractivity contribution < 1.29 is 28.7 Å². The Morgan fingerprint density at radius 1 is 0.776 bits per heavy atom. The summed E-state index contributed by atoms with van der Waals surface area (Å²) in [6.45, 7) is 5.17. The number of benzene rings is 2. The minimum Gasteiger partial charge on any atom is -0.453 e. The lowest BCUT2D eigenvalue weighted by atomic mass is 9.92. The number of imidazole rings is 1. The van der Waals surface area contributed by atoms with Crippen LogP contribution in [0.4, 0.5) is 14.4 Å². The van der Waals surface area contributed by atoms with Gasteiger partial charge in [-0.25, -0.2) is 29.7 Å². The number of aromatic amines is 1. The third-order valence-electron chi connectivity index (χ3n) is 11.1. The van der Waals surface area contributed by atoms with Gasteiger partial charge >= 0.3 is 18.2 Å². The van der Waals surface area contributed by atoms with Gasteiger partial charge in [-0.2, -0.15) is 0 Å². The van der Waals surface area contributed by atoms with Crippen molar-refractivity contribution in [1.82, 2.24) is 40.4 Å². The van der Waals surface area contributed by atoms with Crippen LogP contribution < -0.4 is 10.6 Å². The van der Waals surface area contributed by atoms with Crippen molar-refractivity contribution in [2.45, 2.75) is 57.7 Å². The van der Waals surface area contributed by atoms with E-state index in [1.54, 1.807) is 28.4 Å². The first-order chi connectivity index (χ1) is 28.2.